The molecule has 0 atom stereocenters. The van der Waals surface area contributed by atoms with Crippen LogP contribution in [0.5, 0.6) is 0 Å². The number of alkyl halides is 3. The number of benzene rings is 1. The Balaban J connectivity index is 2.08. The van der Waals surface area contributed by atoms with E-state index in [-0.39, 0.29) is 35.5 Å². The summed E-state index contributed by atoms with van der Waals surface area (Å²) in [5, 5.41) is 11.7. The van der Waals surface area contributed by atoms with Gasteiger partial charge >= 0.3 is 6.18 Å². The second-order valence-corrected chi connectivity index (χ2v) is 8.37. The number of anilines is 2. The lowest BCUT2D eigenvalue weighted by molar-refractivity contribution is -0.264. The monoisotopic (exact) mass is 451 g/mol. The van der Waals surface area contributed by atoms with Gasteiger partial charge in [0.1, 0.15) is 5.69 Å². The van der Waals surface area contributed by atoms with Crippen molar-refractivity contribution < 1.29 is 17.9 Å². The molecule has 0 unspecified atom stereocenters. The lowest BCUT2D eigenvalue weighted by atomic mass is 10.0. The van der Waals surface area contributed by atoms with E-state index in [9.17, 15) is 13.2 Å². The Hall–Kier alpha value is -1.84. The van der Waals surface area contributed by atoms with Gasteiger partial charge in [-0.05, 0) is 40.2 Å². The molecule has 0 fully saturated rings. The minimum absolute atomic E-state index is 0.0805. The first-order chi connectivity index (χ1) is 13.2. The number of aromatic nitrogens is 3. The van der Waals surface area contributed by atoms with E-state index < -0.39 is 17.3 Å². The van der Waals surface area contributed by atoms with Gasteiger partial charge in [0.05, 0.1) is 10.0 Å². The quantitative estimate of drug-likeness (QED) is 0.588. The molecule has 3 N–H and O–H groups in total. The van der Waals surface area contributed by atoms with Crippen LogP contribution in [0.3, 0.4) is 0 Å². The van der Waals surface area contributed by atoms with Crippen molar-refractivity contribution >= 4 is 35.0 Å². The van der Waals surface area contributed by atoms with Gasteiger partial charge in [0, 0.05) is 17.7 Å². The lowest BCUT2D eigenvalue weighted by Gasteiger charge is -2.31. The fraction of sp³-hybridized carbons (Fsp3) is 0.500. The van der Waals surface area contributed by atoms with Crippen molar-refractivity contribution in [3.05, 3.63) is 28.2 Å². The minimum Gasteiger partial charge on any atom is -0.382 e. The van der Waals surface area contributed by atoms with Gasteiger partial charge in [0.25, 0.3) is 0 Å². The summed E-state index contributed by atoms with van der Waals surface area (Å²) in [5.74, 6) is 0.210. The average Bonchev–Trinajstić information content (AvgIpc) is 2.56. The molecule has 0 radical (unpaired) electrons. The molecule has 0 amide bonds. The Morgan fingerprint density at radius 2 is 1.76 bits per heavy atom. The van der Waals surface area contributed by atoms with Crippen molar-refractivity contribution in [2.75, 3.05) is 17.7 Å². The normalized spacial score (nSPS) is 12.9. The van der Waals surface area contributed by atoms with Crippen LogP contribution in [0.4, 0.5) is 24.9 Å². The molecule has 1 aromatic carbocycles. The van der Waals surface area contributed by atoms with Crippen molar-refractivity contribution in [1.29, 1.82) is 0 Å². The van der Waals surface area contributed by atoms with Crippen LogP contribution in [-0.4, -0.2) is 39.1 Å². The van der Waals surface area contributed by atoms with Crippen LogP contribution in [0.25, 0.3) is 11.3 Å². The average molecular weight is 452 g/mol. The summed E-state index contributed by atoms with van der Waals surface area (Å²) in [6.07, 6.45) is -4.19. The van der Waals surface area contributed by atoms with Gasteiger partial charge in [0.15, 0.2) is 11.4 Å². The fourth-order valence-corrected chi connectivity index (χ4v) is 2.67. The van der Waals surface area contributed by atoms with Crippen molar-refractivity contribution in [3.63, 3.8) is 0 Å². The molecule has 160 valence electrons. The maximum absolute atomic E-state index is 12.9. The first-order valence-corrected chi connectivity index (χ1v) is 9.42. The fourth-order valence-electron chi connectivity index (χ4n) is 2.28. The van der Waals surface area contributed by atoms with E-state index in [0.29, 0.717) is 10.6 Å². The minimum atomic E-state index is -4.45. The molecule has 0 bridgehead atoms. The number of rotatable bonds is 7. The molecule has 2 rings (SSSR count). The third-order valence-corrected chi connectivity index (χ3v) is 5.06. The van der Waals surface area contributed by atoms with E-state index >= 15 is 0 Å². The van der Waals surface area contributed by atoms with Crippen LogP contribution < -0.4 is 11.1 Å². The van der Waals surface area contributed by atoms with E-state index in [1.165, 1.54) is 0 Å². The summed E-state index contributed by atoms with van der Waals surface area (Å²) in [5.41, 5.74) is 3.85. The number of ether oxygens (including phenoxy) is 1. The first-order valence-electron chi connectivity index (χ1n) is 8.67. The predicted octanol–water partition coefficient (Wildman–Crippen LogP) is 5.37. The Bertz CT molecular complexity index is 875. The van der Waals surface area contributed by atoms with Crippen LogP contribution >= 0.6 is 23.2 Å². The number of hydrogen-bond acceptors (Lipinski definition) is 6. The van der Waals surface area contributed by atoms with E-state index in [1.807, 2.05) is 0 Å². The zero-order valence-electron chi connectivity index (χ0n) is 16.4. The van der Waals surface area contributed by atoms with E-state index in [4.69, 9.17) is 33.7 Å². The largest absolute Gasteiger partial charge is 0.416 e. The molecule has 1 heterocycles. The summed E-state index contributed by atoms with van der Waals surface area (Å²) < 4.78 is 43.6. The summed E-state index contributed by atoms with van der Waals surface area (Å²) in [6, 6.07) is 5.01. The maximum Gasteiger partial charge on any atom is 0.416 e. The lowest BCUT2D eigenvalue weighted by Crippen LogP contribution is -2.43. The molecule has 0 aliphatic carbocycles. The molecular formula is C18H22Cl2F3N5O. The molecule has 6 nitrogen and oxygen atoms in total. The van der Waals surface area contributed by atoms with Crippen LogP contribution in [0.15, 0.2) is 18.2 Å². The summed E-state index contributed by atoms with van der Waals surface area (Å²) in [6.45, 7) is 5.41. The molecule has 0 saturated carbocycles. The number of nitrogens with one attached hydrogen (secondary N) is 1. The SMILES string of the molecule is CC(C)(CCOC(C)(C)C(F)(F)F)Nc1nnc(-c2cccc(Cl)c2Cl)c(N)n1. The highest BCUT2D eigenvalue weighted by Gasteiger charge is 2.48. The zero-order valence-corrected chi connectivity index (χ0v) is 17.9. The smallest absolute Gasteiger partial charge is 0.382 e. The second-order valence-electron chi connectivity index (χ2n) is 7.59. The third-order valence-electron chi connectivity index (χ3n) is 4.24. The summed E-state index contributed by atoms with van der Waals surface area (Å²) >= 11 is 12.2. The molecule has 0 spiro atoms. The number of halogens is 5. The molecule has 11 heteroatoms. The number of nitrogen functional groups attached to an aromatic ring is 1. The zero-order chi connectivity index (χ0) is 22.0. The van der Waals surface area contributed by atoms with Gasteiger partial charge in [-0.15, -0.1) is 10.2 Å². The van der Waals surface area contributed by atoms with Crippen molar-refractivity contribution in [2.45, 2.75) is 51.4 Å². The topological polar surface area (TPSA) is 86.0 Å². The van der Waals surface area contributed by atoms with Crippen LogP contribution in [0.1, 0.15) is 34.1 Å². The van der Waals surface area contributed by atoms with E-state index in [1.54, 1.807) is 32.0 Å². The highest BCUT2D eigenvalue weighted by atomic mass is 35.5. The Kier molecular flexibility index (Phi) is 6.86. The van der Waals surface area contributed by atoms with E-state index in [2.05, 4.69) is 20.5 Å². The molecule has 29 heavy (non-hydrogen) atoms. The van der Waals surface area contributed by atoms with Crippen molar-refractivity contribution in [2.24, 2.45) is 0 Å². The molecule has 0 saturated heterocycles. The molecule has 0 aliphatic heterocycles. The summed E-state index contributed by atoms with van der Waals surface area (Å²) in [7, 11) is 0. The number of nitrogens with two attached hydrogens (primary N) is 1. The molecule has 1 aromatic heterocycles. The van der Waals surface area contributed by atoms with Gasteiger partial charge in [-0.1, -0.05) is 35.3 Å². The number of nitrogens with zero attached hydrogens (tertiary/aromatic N) is 3. The second kappa shape index (κ2) is 8.49. The van der Waals surface area contributed by atoms with Gasteiger partial charge in [-0.25, -0.2) is 0 Å². The Morgan fingerprint density at radius 1 is 1.10 bits per heavy atom. The molecule has 0 aliphatic rings. The van der Waals surface area contributed by atoms with Crippen LogP contribution in [0.2, 0.25) is 10.0 Å². The molecular weight excluding hydrogens is 430 g/mol. The van der Waals surface area contributed by atoms with Crippen molar-refractivity contribution in [3.8, 4) is 11.3 Å². The predicted molar refractivity (Wildman–Crippen MR) is 108 cm³/mol. The third kappa shape index (κ3) is 5.83. The van der Waals surface area contributed by atoms with Gasteiger partial charge in [-0.2, -0.15) is 18.2 Å². The highest BCUT2D eigenvalue weighted by Crippen LogP contribution is 2.35. The van der Waals surface area contributed by atoms with Gasteiger partial charge in [-0.3, -0.25) is 0 Å². The summed E-state index contributed by atoms with van der Waals surface area (Å²) in [4.78, 5) is 4.17. The number of hydrogen-bond donors (Lipinski definition) is 2. The van der Waals surface area contributed by atoms with E-state index in [0.717, 1.165) is 13.8 Å². The standard InChI is InChI=1S/C18H22Cl2F3N5O/c1-16(2,8-9-29-17(3,4)18(21,22)23)26-15-25-14(24)13(27-28-15)10-6-5-7-11(19)12(10)20/h5-7H,8-9H2,1-4H3,(H3,24,25,26,28). The Morgan fingerprint density at radius 3 is 2.34 bits per heavy atom. The van der Waals surface area contributed by atoms with Crippen LogP contribution in [0, 0.1) is 0 Å². The highest BCUT2D eigenvalue weighted by molar-refractivity contribution is 6.43. The van der Waals surface area contributed by atoms with Gasteiger partial charge in [0.2, 0.25) is 5.95 Å². The molecule has 2 aromatic rings. The van der Waals surface area contributed by atoms with Crippen molar-refractivity contribution in [1.82, 2.24) is 15.2 Å². The van der Waals surface area contributed by atoms with Crippen LogP contribution in [-0.2, 0) is 4.74 Å². The van der Waals surface area contributed by atoms with Gasteiger partial charge < -0.3 is 15.8 Å². The Labute approximate surface area is 177 Å². The maximum atomic E-state index is 12.9. The first kappa shape index (κ1) is 23.4.